The predicted octanol–water partition coefficient (Wildman–Crippen LogP) is 4.30. The van der Waals surface area contributed by atoms with Crippen molar-refractivity contribution in [2.24, 2.45) is 0 Å². The zero-order valence-corrected chi connectivity index (χ0v) is 16.7. The maximum absolute atomic E-state index is 10.2. The molecule has 2 nitrogen and oxygen atoms in total. The highest BCUT2D eigenvalue weighted by Crippen LogP contribution is 2.25. The first-order valence-corrected chi connectivity index (χ1v) is 8.92. The monoisotopic (exact) mass is 345 g/mol. The number of hydrogen-bond donors (Lipinski definition) is 2. The van der Waals surface area contributed by atoms with Crippen LogP contribution in [0.3, 0.4) is 0 Å². The van der Waals surface area contributed by atoms with E-state index in [-0.39, 0.29) is 0 Å². The van der Waals surface area contributed by atoms with Crippen LogP contribution in [0, 0.1) is 0 Å². The third-order valence-corrected chi connectivity index (χ3v) is 5.01. The van der Waals surface area contributed by atoms with Crippen molar-refractivity contribution in [1.82, 2.24) is 0 Å². The van der Waals surface area contributed by atoms with E-state index in [2.05, 4.69) is 39.1 Å². The molecule has 0 aliphatic heterocycles. The fourth-order valence-corrected chi connectivity index (χ4v) is 2.30. The molecule has 0 fully saturated rings. The van der Waals surface area contributed by atoms with E-state index in [1.165, 1.54) is 5.56 Å². The first-order chi connectivity index (χ1) is 11.0. The average Bonchev–Trinajstić information content (AvgIpc) is 2.51. The van der Waals surface area contributed by atoms with Gasteiger partial charge in [0.05, 0.1) is 11.2 Å². The molecule has 131 valence electrons. The third-order valence-electron chi connectivity index (χ3n) is 4.57. The van der Waals surface area contributed by atoms with Crippen LogP contribution >= 0.6 is 12.6 Å². The summed E-state index contributed by atoms with van der Waals surface area (Å²) in [7, 11) is 1.75. The Balaban J connectivity index is 3.11. The fourth-order valence-electron chi connectivity index (χ4n) is 2.15. The number of benzene rings is 1. The highest BCUT2D eigenvalue weighted by molar-refractivity contribution is 7.84. The topological polar surface area (TPSA) is 29.5 Å². The molecule has 1 aromatic carbocycles. The van der Waals surface area contributed by atoms with E-state index in [9.17, 15) is 5.11 Å². The maximum Gasteiger partial charge on any atom is 0.331 e. The van der Waals surface area contributed by atoms with Crippen LogP contribution in [0.2, 0.25) is 0 Å². The number of rotatable bonds is 8. The number of hydrogen-bond acceptors (Lipinski definition) is 3. The highest BCUT2D eigenvalue weighted by Gasteiger charge is 2.35. The molecule has 0 bridgehead atoms. The number of aliphatic hydroxyl groups is 1. The van der Waals surface area contributed by atoms with Gasteiger partial charge in [-0.05, 0) is 73.7 Å². The molecule has 0 spiro atoms. The highest BCUT2D eigenvalue weighted by atomic mass is 32.1. The van der Waals surface area contributed by atoms with Crippen molar-refractivity contribution >= 4 is 31.1 Å². The molecular formula is C20H30BO2S. The van der Waals surface area contributed by atoms with Crippen LogP contribution in [-0.2, 0) is 11.1 Å². The van der Waals surface area contributed by atoms with Gasteiger partial charge in [0.15, 0.2) is 0 Å². The van der Waals surface area contributed by atoms with Crippen LogP contribution in [0.5, 0.6) is 0 Å². The molecule has 0 amide bonds. The van der Waals surface area contributed by atoms with Crippen LogP contribution in [-0.4, -0.2) is 23.8 Å². The maximum atomic E-state index is 10.2. The van der Waals surface area contributed by atoms with E-state index >= 15 is 0 Å². The van der Waals surface area contributed by atoms with Gasteiger partial charge in [-0.3, -0.25) is 0 Å². The zero-order chi connectivity index (χ0) is 18.5. The van der Waals surface area contributed by atoms with Crippen molar-refractivity contribution < 1.29 is 9.76 Å². The van der Waals surface area contributed by atoms with Gasteiger partial charge in [0, 0.05) is 0 Å². The lowest BCUT2D eigenvalue weighted by Gasteiger charge is -2.37. The van der Waals surface area contributed by atoms with Gasteiger partial charge < -0.3 is 9.76 Å². The predicted molar refractivity (Wildman–Crippen MR) is 109 cm³/mol. The smallest absolute Gasteiger partial charge is 0.331 e. The normalized spacial score (nSPS) is 13.1. The fraction of sp³-hybridized carbons (Fsp3) is 0.500. The van der Waals surface area contributed by atoms with Crippen molar-refractivity contribution in [2.75, 3.05) is 0 Å². The van der Waals surface area contributed by atoms with Crippen LogP contribution in [0.25, 0.3) is 5.57 Å². The SMILES string of the molecule is C=C(/C=C(/S)CC)c1cccc([B]OC(C)(C)C(C)(C)O)c1CC. The molecule has 1 radical (unpaired) electrons. The summed E-state index contributed by atoms with van der Waals surface area (Å²) in [5.41, 5.74) is 2.63. The molecule has 1 rings (SSSR count). The van der Waals surface area contributed by atoms with E-state index in [4.69, 9.17) is 4.65 Å². The lowest BCUT2D eigenvalue weighted by Crippen LogP contribution is -2.49. The van der Waals surface area contributed by atoms with Crippen molar-refractivity contribution in [3.05, 3.63) is 46.9 Å². The minimum Gasteiger partial charge on any atom is -0.427 e. The van der Waals surface area contributed by atoms with Gasteiger partial charge in [0.25, 0.3) is 0 Å². The third kappa shape index (κ3) is 5.27. The largest absolute Gasteiger partial charge is 0.427 e. The van der Waals surface area contributed by atoms with Crippen molar-refractivity contribution in [3.63, 3.8) is 0 Å². The van der Waals surface area contributed by atoms with Gasteiger partial charge in [-0.25, -0.2) is 0 Å². The number of thiol groups is 1. The second-order valence-electron chi connectivity index (χ2n) is 7.05. The Hall–Kier alpha value is -0.965. The number of allylic oxidation sites excluding steroid dienone is 3. The molecule has 0 heterocycles. The van der Waals surface area contributed by atoms with Gasteiger partial charge in [0.1, 0.15) is 0 Å². The Kier molecular flexibility index (Phi) is 7.39. The van der Waals surface area contributed by atoms with Crippen molar-refractivity contribution in [3.8, 4) is 0 Å². The molecule has 24 heavy (non-hydrogen) atoms. The van der Waals surface area contributed by atoms with E-state index in [1.807, 2.05) is 32.1 Å². The molecule has 0 aliphatic rings. The first kappa shape index (κ1) is 21.1. The van der Waals surface area contributed by atoms with E-state index < -0.39 is 11.2 Å². The summed E-state index contributed by atoms with van der Waals surface area (Å²) < 4.78 is 5.92. The summed E-state index contributed by atoms with van der Waals surface area (Å²) in [5, 5.41) is 10.2. The second-order valence-corrected chi connectivity index (χ2v) is 7.62. The van der Waals surface area contributed by atoms with E-state index in [1.54, 1.807) is 21.3 Å². The molecule has 0 aromatic heterocycles. The lowest BCUT2D eigenvalue weighted by atomic mass is 9.77. The summed E-state index contributed by atoms with van der Waals surface area (Å²) in [6.45, 7) is 15.7. The molecule has 1 aromatic rings. The van der Waals surface area contributed by atoms with Gasteiger partial charge in [-0.2, -0.15) is 0 Å². The van der Waals surface area contributed by atoms with Crippen LogP contribution < -0.4 is 5.46 Å². The summed E-state index contributed by atoms with van der Waals surface area (Å²) >= 11 is 4.46. The molecular weight excluding hydrogens is 315 g/mol. The lowest BCUT2D eigenvalue weighted by molar-refractivity contribution is -0.0893. The zero-order valence-electron chi connectivity index (χ0n) is 15.8. The summed E-state index contributed by atoms with van der Waals surface area (Å²) in [6, 6.07) is 6.11. The minimum atomic E-state index is -0.943. The van der Waals surface area contributed by atoms with Crippen LogP contribution in [0.15, 0.2) is 35.8 Å². The van der Waals surface area contributed by atoms with Gasteiger partial charge in [0.2, 0.25) is 0 Å². The summed E-state index contributed by atoms with van der Waals surface area (Å²) in [6.07, 6.45) is 3.77. The van der Waals surface area contributed by atoms with Crippen molar-refractivity contribution in [2.45, 2.75) is 65.6 Å². The van der Waals surface area contributed by atoms with Crippen LogP contribution in [0.4, 0.5) is 0 Å². The van der Waals surface area contributed by atoms with E-state index in [0.717, 1.165) is 34.3 Å². The first-order valence-electron chi connectivity index (χ1n) is 8.47. The molecule has 0 aliphatic carbocycles. The second kappa shape index (κ2) is 8.42. The molecule has 0 unspecified atom stereocenters. The quantitative estimate of drug-likeness (QED) is 0.418. The molecule has 4 heteroatoms. The molecule has 0 saturated heterocycles. The molecule has 0 saturated carbocycles. The van der Waals surface area contributed by atoms with Crippen LogP contribution in [0.1, 0.15) is 59.1 Å². The van der Waals surface area contributed by atoms with E-state index in [0.29, 0.717) is 0 Å². The Morgan fingerprint density at radius 2 is 1.92 bits per heavy atom. The summed E-state index contributed by atoms with van der Waals surface area (Å²) in [4.78, 5) is 1.01. The molecule has 0 atom stereocenters. The van der Waals surface area contributed by atoms with Gasteiger partial charge >= 0.3 is 7.48 Å². The Labute approximate surface area is 153 Å². The average molecular weight is 345 g/mol. The van der Waals surface area contributed by atoms with Gasteiger partial charge in [-0.1, -0.05) is 38.6 Å². The Bertz CT molecular complexity index is 613. The molecule has 1 N–H and O–H groups in total. The van der Waals surface area contributed by atoms with Crippen molar-refractivity contribution in [1.29, 1.82) is 0 Å². The Morgan fingerprint density at radius 1 is 1.29 bits per heavy atom. The Morgan fingerprint density at radius 3 is 2.42 bits per heavy atom. The summed E-state index contributed by atoms with van der Waals surface area (Å²) in [5.74, 6) is 0. The standard InChI is InChI=1S/C20H30BO2S/c1-8-15(24)13-14(3)17-11-10-12-18(16(17)9-2)21-23-20(6,7)19(4,5)22/h10-13,22,24H,3,8-9H2,1-2,4-7H3/b15-13+. The van der Waals surface area contributed by atoms with Gasteiger partial charge in [-0.15, -0.1) is 12.6 Å². The minimum absolute atomic E-state index is 0.689.